The van der Waals surface area contributed by atoms with Crippen LogP contribution < -0.4 is 0 Å². The van der Waals surface area contributed by atoms with Gasteiger partial charge in [-0.25, -0.2) is 0 Å². The molecule has 0 bridgehead atoms. The molecule has 3 rings (SSSR count). The molecule has 34 heavy (non-hydrogen) atoms. The Morgan fingerprint density at radius 2 is 1.85 bits per heavy atom. The van der Waals surface area contributed by atoms with Crippen LogP contribution in [0.5, 0.6) is 0 Å². The lowest BCUT2D eigenvalue weighted by atomic mass is 9.96. The van der Waals surface area contributed by atoms with Gasteiger partial charge in [-0.2, -0.15) is 18.2 Å². The maximum absolute atomic E-state index is 12.9. The highest BCUT2D eigenvalue weighted by Crippen LogP contribution is 2.38. The molecule has 2 heterocycles. The first kappa shape index (κ1) is 27.3. The predicted octanol–water partition coefficient (Wildman–Crippen LogP) is 3.78. The molecule has 6 atom stereocenters. The minimum absolute atomic E-state index is 0.127. The van der Waals surface area contributed by atoms with E-state index in [1.807, 2.05) is 18.2 Å². The molecule has 2 aliphatic heterocycles. The fraction of sp³-hybridized carbons (Fsp3) is 0.750. The summed E-state index contributed by atoms with van der Waals surface area (Å²) in [7, 11) is 0. The van der Waals surface area contributed by atoms with Crippen LogP contribution in [0, 0.1) is 5.92 Å². The molecular formula is C24H36F3NO6. The average molecular weight is 492 g/mol. The Morgan fingerprint density at radius 3 is 2.50 bits per heavy atom. The molecule has 2 saturated heterocycles. The van der Waals surface area contributed by atoms with Crippen molar-refractivity contribution in [2.45, 2.75) is 95.7 Å². The summed E-state index contributed by atoms with van der Waals surface area (Å²) in [5, 5.41) is 21.0. The lowest BCUT2D eigenvalue weighted by Crippen LogP contribution is -2.45. The van der Waals surface area contributed by atoms with E-state index in [2.05, 4.69) is 19.1 Å². The third kappa shape index (κ3) is 8.15. The zero-order chi connectivity index (χ0) is 24.9. The average Bonchev–Trinajstić information content (AvgIpc) is 3.24. The Balaban J connectivity index is 1.47. The summed E-state index contributed by atoms with van der Waals surface area (Å²) in [6.45, 7) is 5.53. The van der Waals surface area contributed by atoms with Crippen LogP contribution in [-0.4, -0.2) is 71.2 Å². The second kappa shape index (κ2) is 11.6. The van der Waals surface area contributed by atoms with Crippen molar-refractivity contribution in [1.82, 2.24) is 5.06 Å². The Labute approximate surface area is 198 Å². The normalized spacial score (nSPS) is 27.0. The molecule has 7 nitrogen and oxygen atoms in total. The topological polar surface area (TPSA) is 80.6 Å². The third-order valence-corrected chi connectivity index (χ3v) is 6.04. The first-order valence-electron chi connectivity index (χ1n) is 11.8. The van der Waals surface area contributed by atoms with Gasteiger partial charge in [-0.05, 0) is 38.2 Å². The maximum Gasteiger partial charge on any atom is 0.441 e. The molecule has 0 radical (unpaired) electrons. The highest BCUT2D eigenvalue weighted by Gasteiger charge is 2.50. The van der Waals surface area contributed by atoms with Crippen LogP contribution in [-0.2, 0) is 25.5 Å². The van der Waals surface area contributed by atoms with Crippen molar-refractivity contribution in [1.29, 1.82) is 0 Å². The number of fused-ring (bicyclic) bond motifs is 1. The summed E-state index contributed by atoms with van der Waals surface area (Å²) in [5.74, 6) is -0.367. The summed E-state index contributed by atoms with van der Waals surface area (Å²) in [6.07, 6.45) is -7.20. The van der Waals surface area contributed by atoms with Gasteiger partial charge in [0.2, 0.25) is 0 Å². The van der Waals surface area contributed by atoms with Crippen molar-refractivity contribution >= 4 is 0 Å². The molecule has 2 aliphatic rings. The Kier molecular flexibility index (Phi) is 9.36. The van der Waals surface area contributed by atoms with Crippen LogP contribution >= 0.6 is 0 Å². The van der Waals surface area contributed by atoms with E-state index in [0.29, 0.717) is 18.8 Å². The minimum atomic E-state index is -4.93. The first-order chi connectivity index (χ1) is 15.9. The van der Waals surface area contributed by atoms with Crippen molar-refractivity contribution < 1.29 is 42.4 Å². The zero-order valence-corrected chi connectivity index (χ0v) is 19.9. The summed E-state index contributed by atoms with van der Waals surface area (Å²) >= 11 is 0. The van der Waals surface area contributed by atoms with Crippen LogP contribution in [0.15, 0.2) is 30.3 Å². The third-order valence-electron chi connectivity index (χ3n) is 6.04. The van der Waals surface area contributed by atoms with E-state index in [1.54, 1.807) is 13.8 Å². The summed E-state index contributed by atoms with van der Waals surface area (Å²) in [6, 6.07) is 10.1. The number of aliphatic hydroxyl groups excluding tert-OH is 2. The highest BCUT2D eigenvalue weighted by atomic mass is 19.4. The van der Waals surface area contributed by atoms with Crippen molar-refractivity contribution in [3.8, 4) is 0 Å². The number of halogens is 3. The van der Waals surface area contributed by atoms with E-state index in [4.69, 9.17) is 19.0 Å². The van der Waals surface area contributed by atoms with Crippen molar-refractivity contribution in [2.75, 3.05) is 13.1 Å². The molecule has 0 spiro atoms. The highest BCUT2D eigenvalue weighted by molar-refractivity contribution is 5.15. The molecule has 10 heteroatoms. The quantitative estimate of drug-likeness (QED) is 0.262. The van der Waals surface area contributed by atoms with Crippen LogP contribution in [0.4, 0.5) is 13.2 Å². The molecule has 2 N–H and O–H groups in total. The number of hydrogen-bond acceptors (Lipinski definition) is 7. The van der Waals surface area contributed by atoms with E-state index < -0.39 is 36.8 Å². The fourth-order valence-corrected chi connectivity index (χ4v) is 4.40. The number of ether oxygens (including phenoxy) is 3. The number of hydroxylamine groups is 2. The van der Waals surface area contributed by atoms with Crippen LogP contribution in [0.25, 0.3) is 0 Å². The number of benzene rings is 1. The van der Waals surface area contributed by atoms with Gasteiger partial charge >= 0.3 is 6.18 Å². The smallest absolute Gasteiger partial charge is 0.389 e. The maximum atomic E-state index is 12.9. The van der Waals surface area contributed by atoms with E-state index in [0.717, 1.165) is 24.3 Å². The number of alkyl halides is 3. The summed E-state index contributed by atoms with van der Waals surface area (Å²) < 4.78 is 55.6. The molecule has 0 saturated carbocycles. The monoisotopic (exact) mass is 491 g/mol. The van der Waals surface area contributed by atoms with Gasteiger partial charge in [0, 0.05) is 13.0 Å². The Hall–Kier alpha value is -1.27. The van der Waals surface area contributed by atoms with Crippen LogP contribution in [0.1, 0.15) is 52.0 Å². The predicted molar refractivity (Wildman–Crippen MR) is 117 cm³/mol. The molecular weight excluding hydrogens is 455 g/mol. The van der Waals surface area contributed by atoms with Gasteiger partial charge in [-0.3, -0.25) is 4.84 Å². The van der Waals surface area contributed by atoms with Gasteiger partial charge < -0.3 is 24.4 Å². The van der Waals surface area contributed by atoms with Crippen molar-refractivity contribution in [3.63, 3.8) is 0 Å². The second-order valence-electron chi connectivity index (χ2n) is 9.70. The van der Waals surface area contributed by atoms with Gasteiger partial charge in [-0.1, -0.05) is 50.1 Å². The lowest BCUT2D eigenvalue weighted by molar-refractivity contribution is -0.366. The van der Waals surface area contributed by atoms with E-state index in [1.165, 1.54) is 5.56 Å². The van der Waals surface area contributed by atoms with Gasteiger partial charge in [-0.15, -0.1) is 0 Å². The molecule has 1 aromatic carbocycles. The van der Waals surface area contributed by atoms with Gasteiger partial charge in [0.25, 0.3) is 6.29 Å². The van der Waals surface area contributed by atoms with E-state index >= 15 is 0 Å². The first-order valence-corrected chi connectivity index (χ1v) is 11.8. The molecule has 0 amide bonds. The van der Waals surface area contributed by atoms with E-state index in [9.17, 15) is 23.4 Å². The molecule has 194 valence electrons. The van der Waals surface area contributed by atoms with Gasteiger partial charge in [0.15, 0.2) is 12.1 Å². The second-order valence-corrected chi connectivity index (χ2v) is 9.70. The molecule has 1 aromatic rings. The molecule has 2 unspecified atom stereocenters. The molecule has 2 fully saturated rings. The number of rotatable bonds is 12. The fourth-order valence-electron chi connectivity index (χ4n) is 4.40. The van der Waals surface area contributed by atoms with Crippen LogP contribution in [0.2, 0.25) is 0 Å². The molecule has 0 aliphatic carbocycles. The Morgan fingerprint density at radius 1 is 1.15 bits per heavy atom. The SMILES string of the molecule is C[C@@H](CCCCN(CC(O)[C@@H]1C[C@H]2OC(C)(C)O[C@H]2O1)OC(O)C(F)(F)F)Cc1ccccc1. The summed E-state index contributed by atoms with van der Waals surface area (Å²) in [4.78, 5) is 4.76. The van der Waals surface area contributed by atoms with Gasteiger partial charge in [0.05, 0.1) is 18.8 Å². The standard InChI is InChI=1S/C24H36F3NO6/c1-16(13-17-10-5-4-6-11-17)9-7-8-12-28(34-22(30)24(25,26)27)15-18(29)19-14-20-21(31-19)33-23(2,3)32-20/h4-6,10-11,16,18-22,29-30H,7-9,12-15H2,1-3H3/t16-,18?,19-,20+,21+,22?/m0/s1. The number of nitrogens with zero attached hydrogens (tertiary/aromatic N) is 1. The lowest BCUT2D eigenvalue weighted by Gasteiger charge is -2.30. The largest absolute Gasteiger partial charge is 0.441 e. The minimum Gasteiger partial charge on any atom is -0.389 e. The van der Waals surface area contributed by atoms with E-state index in [-0.39, 0.29) is 19.2 Å². The Bertz CT molecular complexity index is 734. The number of aliphatic hydroxyl groups is 2. The summed E-state index contributed by atoms with van der Waals surface area (Å²) in [5.41, 5.74) is 1.24. The van der Waals surface area contributed by atoms with Crippen molar-refractivity contribution in [3.05, 3.63) is 35.9 Å². The number of unbranched alkanes of at least 4 members (excludes halogenated alkanes) is 1. The van der Waals surface area contributed by atoms with Crippen molar-refractivity contribution in [2.24, 2.45) is 5.92 Å². The zero-order valence-electron chi connectivity index (χ0n) is 19.9. The molecule has 0 aromatic heterocycles. The van der Waals surface area contributed by atoms with Crippen LogP contribution in [0.3, 0.4) is 0 Å². The number of hydrogen-bond donors (Lipinski definition) is 2. The van der Waals surface area contributed by atoms with Gasteiger partial charge in [0.1, 0.15) is 6.10 Å².